The Bertz CT molecular complexity index is 239. The summed E-state index contributed by atoms with van der Waals surface area (Å²) in [5.41, 5.74) is -3.72. The summed E-state index contributed by atoms with van der Waals surface area (Å²) in [6, 6.07) is 0. The molecule has 0 amide bonds. The third kappa shape index (κ3) is 43.7. The van der Waals surface area contributed by atoms with E-state index < -0.39 is 5.69 Å². The van der Waals surface area contributed by atoms with Crippen LogP contribution in [-0.4, -0.2) is 0 Å². The Morgan fingerprint density at radius 2 is 0.917 bits per heavy atom. The number of hydrogen-bond donors (Lipinski definition) is 0. The van der Waals surface area contributed by atoms with Crippen LogP contribution in [0, 0.1) is 6.92 Å². The molecule has 0 N–H and O–H groups in total. The fraction of sp³-hybridized carbons (Fsp3) is 0.944. The molecule has 6 heteroatoms. The van der Waals surface area contributed by atoms with Crippen molar-refractivity contribution in [1.29, 1.82) is 0 Å². The molecule has 2 nitrogen and oxygen atoms in total. The van der Waals surface area contributed by atoms with Crippen molar-refractivity contribution in [1.82, 2.24) is 0 Å². The van der Waals surface area contributed by atoms with Gasteiger partial charge in [-0.15, -0.1) is 0 Å². The van der Waals surface area contributed by atoms with E-state index in [1.807, 2.05) is 0 Å². The Balaban J connectivity index is -0.000000639. The molecule has 0 rings (SSSR count). The zero-order valence-electron chi connectivity index (χ0n) is 15.5. The standard InChI is InChI=1S/C18H37.Mo.H3O2PS2/c1-3-5-7-9-11-13-15-17-18-16-14-12-10-8-6-4-2;;1-3(2,4)5/h1,3-18H2,2H3;;(H3,1,2,4,5)/q-1;+4;/p-3. The largest absolute Gasteiger partial charge is 4.00 e. The minimum absolute atomic E-state index is 0. The fourth-order valence-electron chi connectivity index (χ4n) is 2.55. The molecule has 0 saturated heterocycles. The smallest absolute Gasteiger partial charge is 0.850 e. The first-order valence-corrected chi connectivity index (χ1v) is 13.1. The maximum atomic E-state index is 9.29. The summed E-state index contributed by atoms with van der Waals surface area (Å²) in [5, 5.41) is 0. The van der Waals surface area contributed by atoms with E-state index in [-0.39, 0.29) is 21.1 Å². The SMILES string of the molecule is [CH2-]CCCCCCCCCCCCCCCCC.[Mo+4].[O-]P([O-])(=S)[S-]. The van der Waals surface area contributed by atoms with Crippen LogP contribution >= 0.6 is 5.69 Å². The molecule has 0 aliphatic carbocycles. The normalized spacial score (nSPS) is 10.7. The zero-order valence-corrected chi connectivity index (χ0v) is 20.0. The third-order valence-corrected chi connectivity index (χ3v) is 3.85. The van der Waals surface area contributed by atoms with Crippen LogP contribution in [0.15, 0.2) is 0 Å². The molecule has 0 bridgehead atoms. The van der Waals surface area contributed by atoms with Gasteiger partial charge in [-0.05, 0) is 0 Å². The molecule has 0 aliphatic rings. The summed E-state index contributed by atoms with van der Waals surface area (Å²) in [6.45, 7) is 6.18. The molecule has 0 aliphatic heterocycles. The molecule has 0 spiro atoms. The van der Waals surface area contributed by atoms with E-state index in [1.165, 1.54) is 96.3 Å². The van der Waals surface area contributed by atoms with E-state index in [1.54, 1.807) is 0 Å². The molecule has 0 unspecified atom stereocenters. The number of hydrogen-bond acceptors (Lipinski definition) is 4. The van der Waals surface area contributed by atoms with Crippen LogP contribution in [0.5, 0.6) is 0 Å². The van der Waals surface area contributed by atoms with Crippen LogP contribution in [0.1, 0.15) is 110 Å². The minimum Gasteiger partial charge on any atom is -0.850 e. The molecule has 0 aromatic rings. The second-order valence-corrected chi connectivity index (χ2v) is 10.7. The molecule has 0 radical (unpaired) electrons. The van der Waals surface area contributed by atoms with Gasteiger partial charge in [0, 0.05) is 0 Å². The van der Waals surface area contributed by atoms with Gasteiger partial charge in [0.2, 0.25) is 0 Å². The Morgan fingerprint density at radius 1 is 0.708 bits per heavy atom. The van der Waals surface area contributed by atoms with Gasteiger partial charge in [0.25, 0.3) is 0 Å². The Morgan fingerprint density at radius 3 is 1.12 bits per heavy atom. The van der Waals surface area contributed by atoms with Crippen LogP contribution in [0.4, 0.5) is 0 Å². The molecule has 0 saturated carbocycles. The topological polar surface area (TPSA) is 46.1 Å². The first-order chi connectivity index (χ1) is 10.9. The molecular formula is C18H37MoO2PS2. The molecule has 0 atom stereocenters. The Labute approximate surface area is 176 Å². The molecule has 24 heavy (non-hydrogen) atoms. The summed E-state index contributed by atoms with van der Waals surface area (Å²) in [7, 11) is 0. The molecule has 144 valence electrons. The van der Waals surface area contributed by atoms with E-state index in [9.17, 15) is 9.79 Å². The molecule has 0 aromatic carbocycles. The maximum absolute atomic E-state index is 9.29. The molecule has 0 aromatic heterocycles. The molecule has 0 fully saturated rings. The van der Waals surface area contributed by atoms with Crippen molar-refractivity contribution >= 4 is 29.7 Å². The summed E-state index contributed by atoms with van der Waals surface area (Å²) in [6.07, 6.45) is 22.8. The van der Waals surface area contributed by atoms with Gasteiger partial charge in [-0.2, -0.15) is 18.2 Å². The predicted octanol–water partition coefficient (Wildman–Crippen LogP) is 5.56. The van der Waals surface area contributed by atoms with Crippen molar-refractivity contribution in [2.24, 2.45) is 0 Å². The van der Waals surface area contributed by atoms with Crippen LogP contribution in [-0.2, 0) is 45.1 Å². The fourth-order valence-corrected chi connectivity index (χ4v) is 2.55. The third-order valence-electron chi connectivity index (χ3n) is 3.85. The summed E-state index contributed by atoms with van der Waals surface area (Å²) in [4.78, 5) is 18.6. The van der Waals surface area contributed by atoms with E-state index in [4.69, 9.17) is 0 Å². The first kappa shape index (κ1) is 30.3. The van der Waals surface area contributed by atoms with Crippen molar-refractivity contribution in [3.8, 4) is 0 Å². The van der Waals surface area contributed by atoms with Crippen LogP contribution < -0.4 is 9.79 Å². The van der Waals surface area contributed by atoms with Crippen molar-refractivity contribution < 1.29 is 30.9 Å². The van der Waals surface area contributed by atoms with Gasteiger partial charge in [-0.1, -0.05) is 103 Å². The Kier molecular flexibility index (Phi) is 31.1. The summed E-state index contributed by atoms with van der Waals surface area (Å²) >= 11 is 7.28. The minimum atomic E-state index is -3.72. The number of rotatable bonds is 15. The van der Waals surface area contributed by atoms with Crippen LogP contribution in [0.25, 0.3) is 0 Å². The molecule has 0 heterocycles. The monoisotopic (exact) mass is 478 g/mol. The van der Waals surface area contributed by atoms with Crippen molar-refractivity contribution in [2.45, 2.75) is 110 Å². The first-order valence-electron chi connectivity index (χ1n) is 9.44. The van der Waals surface area contributed by atoms with Gasteiger partial charge in [-0.25, -0.2) is 0 Å². The van der Waals surface area contributed by atoms with Gasteiger partial charge < -0.3 is 34.7 Å². The average Bonchev–Trinajstić information content (AvgIpc) is 2.46. The van der Waals surface area contributed by atoms with E-state index in [0.717, 1.165) is 6.42 Å². The van der Waals surface area contributed by atoms with Gasteiger partial charge in [0.05, 0.1) is 0 Å². The van der Waals surface area contributed by atoms with Crippen molar-refractivity contribution in [2.75, 3.05) is 0 Å². The van der Waals surface area contributed by atoms with E-state index in [0.29, 0.717) is 0 Å². The Hall–Kier alpha value is 1.61. The zero-order chi connectivity index (χ0) is 17.8. The predicted molar refractivity (Wildman–Crippen MR) is 107 cm³/mol. The summed E-state index contributed by atoms with van der Waals surface area (Å²) < 4.78 is 0. The van der Waals surface area contributed by atoms with Crippen molar-refractivity contribution in [3.63, 3.8) is 0 Å². The average molecular weight is 477 g/mol. The van der Waals surface area contributed by atoms with Crippen LogP contribution in [0.3, 0.4) is 0 Å². The van der Waals surface area contributed by atoms with Gasteiger partial charge in [0.1, 0.15) is 0 Å². The van der Waals surface area contributed by atoms with Gasteiger partial charge in [-0.3, -0.25) is 0 Å². The second-order valence-electron chi connectivity index (χ2n) is 6.25. The number of unbranched alkanes of at least 4 members (excludes halogenated alkanes) is 15. The van der Waals surface area contributed by atoms with Gasteiger partial charge >= 0.3 is 21.1 Å². The van der Waals surface area contributed by atoms with Crippen LogP contribution in [0.2, 0.25) is 0 Å². The molecular weight excluding hydrogens is 439 g/mol. The quantitative estimate of drug-likeness (QED) is 0.102. The second kappa shape index (κ2) is 24.6. The van der Waals surface area contributed by atoms with Crippen molar-refractivity contribution in [3.05, 3.63) is 6.92 Å². The maximum Gasteiger partial charge on any atom is 4.00 e. The summed E-state index contributed by atoms with van der Waals surface area (Å²) in [5.74, 6) is 0. The van der Waals surface area contributed by atoms with E-state index in [2.05, 4.69) is 37.9 Å². The van der Waals surface area contributed by atoms with E-state index >= 15 is 0 Å². The van der Waals surface area contributed by atoms with Gasteiger partial charge in [0.15, 0.2) is 0 Å².